The number of aryl methyl sites for hydroxylation is 1. The number of halogens is 2. The van der Waals surface area contributed by atoms with Gasteiger partial charge in [-0.2, -0.15) is 4.98 Å². The number of benzene rings is 4. The summed E-state index contributed by atoms with van der Waals surface area (Å²) in [7, 11) is 0. The molecule has 1 aliphatic rings. The molecule has 11 heteroatoms. The average molecular weight is 731 g/mol. The smallest absolute Gasteiger partial charge is 0.255 e. The Morgan fingerprint density at radius 1 is 1.00 bits per heavy atom. The number of nitrogens with one attached hydrogen (secondary N) is 2. The lowest BCUT2D eigenvalue weighted by atomic mass is 9.94. The maximum atomic E-state index is 14.1. The number of fused-ring (bicyclic) bond motifs is 1. The van der Waals surface area contributed by atoms with E-state index in [9.17, 15) is 4.79 Å². The quantitative estimate of drug-likeness (QED) is 0.131. The first-order valence-corrected chi connectivity index (χ1v) is 17.3. The van der Waals surface area contributed by atoms with Gasteiger partial charge in [-0.05, 0) is 79.4 Å². The lowest BCUT2D eigenvalue weighted by Crippen LogP contribution is -2.31. The maximum absolute atomic E-state index is 14.1. The SMILES string of the molecule is CCOc1cc(C2C(C(=O)Nc3ccccc3C)=C(C)Nc3nc(SCc4ccccc4Cl)nn32)ccc1OCc1ccc(Br)cc1. The first kappa shape index (κ1) is 32.7. The van der Waals surface area contributed by atoms with Crippen molar-refractivity contribution in [3.05, 3.63) is 134 Å². The van der Waals surface area contributed by atoms with Gasteiger partial charge in [0.25, 0.3) is 5.91 Å². The van der Waals surface area contributed by atoms with Crippen LogP contribution in [0.5, 0.6) is 11.5 Å². The van der Waals surface area contributed by atoms with E-state index in [0.717, 1.165) is 32.4 Å². The summed E-state index contributed by atoms with van der Waals surface area (Å²) < 4.78 is 15.1. The van der Waals surface area contributed by atoms with E-state index < -0.39 is 6.04 Å². The molecule has 0 spiro atoms. The number of amides is 1. The highest BCUT2D eigenvalue weighted by Crippen LogP contribution is 2.40. The Kier molecular flexibility index (Phi) is 10.2. The number of thioether (sulfide) groups is 1. The van der Waals surface area contributed by atoms with Gasteiger partial charge in [-0.3, -0.25) is 4.79 Å². The summed E-state index contributed by atoms with van der Waals surface area (Å²) in [4.78, 5) is 18.9. The molecule has 0 saturated heterocycles. The third kappa shape index (κ3) is 7.51. The van der Waals surface area contributed by atoms with Crippen molar-refractivity contribution in [2.24, 2.45) is 0 Å². The molecule has 2 N–H and O–H groups in total. The Labute approximate surface area is 291 Å². The highest BCUT2D eigenvalue weighted by Gasteiger charge is 2.35. The van der Waals surface area contributed by atoms with Crippen LogP contribution < -0.4 is 20.1 Å². The molecule has 0 saturated carbocycles. The van der Waals surface area contributed by atoms with Crippen LogP contribution >= 0.6 is 39.3 Å². The Bertz CT molecular complexity index is 1950. The number of para-hydroxylation sites is 1. The van der Waals surface area contributed by atoms with E-state index in [0.29, 0.717) is 57.9 Å². The van der Waals surface area contributed by atoms with Gasteiger partial charge >= 0.3 is 0 Å². The second-order valence-corrected chi connectivity index (χ2v) is 13.2. The van der Waals surface area contributed by atoms with Gasteiger partial charge in [0, 0.05) is 26.6 Å². The molecule has 5 aromatic rings. The number of aromatic nitrogens is 3. The normalized spacial score (nSPS) is 13.9. The van der Waals surface area contributed by atoms with Crippen molar-refractivity contribution in [2.75, 3.05) is 17.2 Å². The van der Waals surface area contributed by atoms with Crippen LogP contribution in [0.2, 0.25) is 5.02 Å². The van der Waals surface area contributed by atoms with Gasteiger partial charge in [0.2, 0.25) is 11.1 Å². The molecule has 4 aromatic carbocycles. The zero-order chi connectivity index (χ0) is 32.9. The molecule has 1 amide bonds. The fourth-order valence-electron chi connectivity index (χ4n) is 5.28. The lowest BCUT2D eigenvalue weighted by molar-refractivity contribution is -0.113. The lowest BCUT2D eigenvalue weighted by Gasteiger charge is -2.29. The van der Waals surface area contributed by atoms with E-state index >= 15 is 0 Å². The molecule has 47 heavy (non-hydrogen) atoms. The number of carbonyl (C=O) groups excluding carboxylic acids is 1. The number of anilines is 2. The molecular formula is C36H33BrClN5O3S. The second kappa shape index (κ2) is 14.7. The summed E-state index contributed by atoms with van der Waals surface area (Å²) in [5.41, 5.74) is 5.71. The molecule has 8 nitrogen and oxygen atoms in total. The van der Waals surface area contributed by atoms with Crippen molar-refractivity contribution in [1.82, 2.24) is 14.8 Å². The van der Waals surface area contributed by atoms with Gasteiger partial charge in [-0.25, -0.2) is 4.68 Å². The minimum absolute atomic E-state index is 0.241. The highest BCUT2D eigenvalue weighted by molar-refractivity contribution is 9.10. The third-order valence-corrected chi connectivity index (χ3v) is 9.46. The van der Waals surface area contributed by atoms with Crippen LogP contribution in [-0.2, 0) is 17.2 Å². The average Bonchev–Trinajstić information content (AvgIpc) is 3.47. The van der Waals surface area contributed by atoms with E-state index in [1.54, 1.807) is 4.68 Å². The summed E-state index contributed by atoms with van der Waals surface area (Å²) in [6.07, 6.45) is 0. The minimum Gasteiger partial charge on any atom is -0.490 e. The van der Waals surface area contributed by atoms with Gasteiger partial charge in [-0.15, -0.1) is 5.10 Å². The standard InChI is InChI=1S/C36H33BrClN5O3S/c1-4-45-31-19-25(15-18-30(31)46-20-24-13-16-27(37)17-14-24)33-32(34(44)40-29-12-8-5-9-22(29)2)23(3)39-35-41-36(42-43(33)35)47-21-26-10-6-7-11-28(26)38/h5-19,33H,4,20-21H2,1-3H3,(H,40,44)(H,39,41,42). The number of rotatable bonds is 11. The number of nitrogens with zero attached hydrogens (tertiary/aromatic N) is 3. The number of hydrogen-bond acceptors (Lipinski definition) is 7. The van der Waals surface area contributed by atoms with Gasteiger partial charge in [-0.1, -0.05) is 93.9 Å². The molecule has 240 valence electrons. The number of carbonyl (C=O) groups is 1. The fraction of sp³-hybridized carbons (Fsp3) is 0.194. The van der Waals surface area contributed by atoms with Crippen LogP contribution in [0.15, 0.2) is 112 Å². The van der Waals surface area contributed by atoms with Crippen LogP contribution in [0, 0.1) is 6.92 Å². The van der Waals surface area contributed by atoms with E-state index in [2.05, 4.69) is 26.6 Å². The van der Waals surface area contributed by atoms with E-state index in [1.165, 1.54) is 11.8 Å². The zero-order valence-electron chi connectivity index (χ0n) is 26.1. The maximum Gasteiger partial charge on any atom is 0.255 e. The largest absolute Gasteiger partial charge is 0.490 e. The van der Waals surface area contributed by atoms with Gasteiger partial charge in [0.1, 0.15) is 12.6 Å². The fourth-order valence-corrected chi connectivity index (χ4v) is 6.66. The second-order valence-electron chi connectivity index (χ2n) is 10.9. The molecule has 1 aromatic heterocycles. The van der Waals surface area contributed by atoms with E-state index in [1.807, 2.05) is 112 Å². The predicted octanol–water partition coefficient (Wildman–Crippen LogP) is 9.20. The molecular weight excluding hydrogens is 698 g/mol. The number of allylic oxidation sites excluding steroid dienone is 1. The molecule has 1 unspecified atom stereocenters. The molecule has 1 atom stereocenters. The summed E-state index contributed by atoms with van der Waals surface area (Å²) >= 11 is 11.4. The number of ether oxygens (including phenoxy) is 2. The van der Waals surface area contributed by atoms with E-state index in [-0.39, 0.29) is 5.91 Å². The molecule has 0 fully saturated rings. The van der Waals surface area contributed by atoms with Gasteiger partial charge in [0.05, 0.1) is 12.2 Å². The van der Waals surface area contributed by atoms with Crippen LogP contribution in [-0.4, -0.2) is 27.3 Å². The third-order valence-electron chi connectivity index (χ3n) is 7.68. The first-order valence-electron chi connectivity index (χ1n) is 15.1. The zero-order valence-corrected chi connectivity index (χ0v) is 29.2. The van der Waals surface area contributed by atoms with Gasteiger partial charge < -0.3 is 20.1 Å². The van der Waals surface area contributed by atoms with Crippen molar-refractivity contribution in [3.63, 3.8) is 0 Å². The summed E-state index contributed by atoms with van der Waals surface area (Å²) in [5, 5.41) is 12.6. The number of hydrogen-bond donors (Lipinski definition) is 2. The minimum atomic E-state index is -0.600. The summed E-state index contributed by atoms with van der Waals surface area (Å²) in [6.45, 7) is 6.60. The first-order chi connectivity index (χ1) is 22.8. The van der Waals surface area contributed by atoms with Crippen molar-refractivity contribution in [2.45, 2.75) is 44.3 Å². The van der Waals surface area contributed by atoms with Crippen molar-refractivity contribution in [1.29, 1.82) is 0 Å². The molecule has 0 aliphatic carbocycles. The van der Waals surface area contributed by atoms with Crippen LogP contribution in [0.25, 0.3) is 0 Å². The monoisotopic (exact) mass is 729 g/mol. The molecule has 0 radical (unpaired) electrons. The summed E-state index contributed by atoms with van der Waals surface area (Å²) in [6, 6.07) is 28.6. The molecule has 0 bridgehead atoms. The van der Waals surface area contributed by atoms with Crippen molar-refractivity contribution < 1.29 is 14.3 Å². The summed E-state index contributed by atoms with van der Waals surface area (Å²) in [5.74, 6) is 2.07. The van der Waals surface area contributed by atoms with Crippen molar-refractivity contribution in [3.8, 4) is 11.5 Å². The Hall–Kier alpha value is -4.25. The van der Waals surface area contributed by atoms with Gasteiger partial charge in [0.15, 0.2) is 11.5 Å². The predicted molar refractivity (Wildman–Crippen MR) is 191 cm³/mol. The Morgan fingerprint density at radius 3 is 2.53 bits per heavy atom. The highest BCUT2D eigenvalue weighted by atomic mass is 79.9. The van der Waals surface area contributed by atoms with Crippen LogP contribution in [0.4, 0.5) is 11.6 Å². The Balaban J connectivity index is 1.36. The van der Waals surface area contributed by atoms with Crippen molar-refractivity contribution >= 4 is 56.8 Å². The Morgan fingerprint density at radius 2 is 1.77 bits per heavy atom. The molecule has 2 heterocycles. The van der Waals surface area contributed by atoms with Crippen LogP contribution in [0.3, 0.4) is 0 Å². The topological polar surface area (TPSA) is 90.3 Å². The molecule has 6 rings (SSSR count). The molecule has 1 aliphatic heterocycles. The van der Waals surface area contributed by atoms with E-state index in [4.69, 9.17) is 31.2 Å². The van der Waals surface area contributed by atoms with Crippen LogP contribution in [0.1, 0.15) is 42.1 Å².